The molecule has 11 atom stereocenters. The highest BCUT2D eigenvalue weighted by molar-refractivity contribution is 7.92. The fourth-order valence-electron chi connectivity index (χ4n) is 15.4. The van der Waals surface area contributed by atoms with E-state index in [0.717, 1.165) is 95.2 Å². The average Bonchev–Trinajstić information content (AvgIpc) is 1.57. The third kappa shape index (κ3) is 20.0. The van der Waals surface area contributed by atoms with Gasteiger partial charge in [-0.2, -0.15) is 0 Å². The van der Waals surface area contributed by atoms with E-state index in [0.29, 0.717) is 88.9 Å². The SMILES string of the molecule is C=CCCCCC[C@H](Cc1cc(C)cc(F)c1)C(=O)C1C[C@H](Oc2nccc3ccccc23)C[C@H]1C(=O)C[C@]1(C(=O)NS(=O)(=O)C2(C)CC2)C[C@H]1C=C.C=CCCCCC[C@H](Cc1cc(C)cc(F)c1)C(=O)O.C=C[C@@H]1C[C@]1(CC(=O)[C@@H]1C[C@@H](Oc2nccc3ccccc23)CN1)C(=O)NS(=O)(=O)C1(C)CC1. The number of benzene rings is 4. The Kier molecular flexibility index (Phi) is 26.3. The van der Waals surface area contributed by atoms with Gasteiger partial charge in [0.05, 0.1) is 32.3 Å². The van der Waals surface area contributed by atoms with Crippen LogP contribution in [0.25, 0.3) is 21.5 Å². The summed E-state index contributed by atoms with van der Waals surface area (Å²) in [7, 11) is -7.69. The van der Waals surface area contributed by atoms with Gasteiger partial charge in [-0.25, -0.2) is 35.6 Å². The number of amides is 2. The number of halogens is 2. The number of hydrogen-bond donors (Lipinski definition) is 4. The van der Waals surface area contributed by atoms with E-state index in [1.54, 1.807) is 38.4 Å². The van der Waals surface area contributed by atoms with Gasteiger partial charge in [0.2, 0.25) is 43.6 Å². The van der Waals surface area contributed by atoms with E-state index in [-0.39, 0.29) is 72.6 Å². The Morgan fingerprint density at radius 3 is 1.49 bits per heavy atom. The normalized spacial score (nSPS) is 24.0. The molecule has 0 bridgehead atoms. The molecule has 2 aromatic heterocycles. The van der Waals surface area contributed by atoms with E-state index in [2.05, 4.69) is 51.0 Å². The smallest absolute Gasteiger partial charge is 0.306 e. The third-order valence-corrected chi connectivity index (χ3v) is 27.1. The minimum Gasteiger partial charge on any atom is -0.481 e. The number of fused-ring (bicyclic) bond motifs is 2. The molecule has 4 N–H and O–H groups in total. The molecular weight excluding hydrogens is 1400 g/mol. The molecule has 6 aromatic rings. The van der Waals surface area contributed by atoms with Crippen molar-refractivity contribution in [2.24, 2.45) is 46.3 Å². The molecule has 5 saturated carbocycles. The number of carboxylic acids is 1. The maximum absolute atomic E-state index is 14.8. The highest BCUT2D eigenvalue weighted by Crippen LogP contribution is 2.59. The second kappa shape index (κ2) is 34.7. The number of aryl methyl sites for hydroxylation is 2. The summed E-state index contributed by atoms with van der Waals surface area (Å²) in [5.41, 5.74) is 0.800. The summed E-state index contributed by atoms with van der Waals surface area (Å²) in [5, 5.41) is 16.2. The number of aliphatic carboxylic acids is 1. The van der Waals surface area contributed by atoms with Crippen LogP contribution >= 0.6 is 0 Å². The van der Waals surface area contributed by atoms with Gasteiger partial charge in [-0.1, -0.05) is 98.5 Å². The molecule has 1 unspecified atom stereocenters. The zero-order valence-corrected chi connectivity index (χ0v) is 63.6. The Labute approximate surface area is 628 Å². The number of nitrogens with one attached hydrogen (secondary N) is 3. The third-order valence-electron chi connectivity index (χ3n) is 22.8. The zero-order valence-electron chi connectivity index (χ0n) is 62.0. The Hall–Kier alpha value is -8.60. The molecule has 1 aliphatic heterocycles. The van der Waals surface area contributed by atoms with Gasteiger partial charge in [0.1, 0.15) is 35.4 Å². The van der Waals surface area contributed by atoms with Gasteiger partial charge in [-0.3, -0.25) is 38.2 Å². The van der Waals surface area contributed by atoms with Gasteiger partial charge >= 0.3 is 5.97 Å². The largest absolute Gasteiger partial charge is 0.481 e. The molecule has 3 heterocycles. The summed E-state index contributed by atoms with van der Waals surface area (Å²) < 4.78 is 94.4. The number of nitrogens with zero attached hydrogens (tertiary/aromatic N) is 2. The van der Waals surface area contributed by atoms with Gasteiger partial charge in [-0.15, -0.1) is 26.3 Å². The topological polar surface area (TPSA) is 271 Å². The van der Waals surface area contributed by atoms with Crippen molar-refractivity contribution in [1.82, 2.24) is 24.7 Å². The van der Waals surface area contributed by atoms with Crippen molar-refractivity contribution >= 4 is 76.7 Å². The average molecular weight is 1500 g/mol. The molecule has 22 heteroatoms. The summed E-state index contributed by atoms with van der Waals surface area (Å²) in [4.78, 5) is 89.4. The number of carbonyl (C=O) groups is 6. The van der Waals surface area contributed by atoms with Crippen LogP contribution in [0, 0.1) is 71.8 Å². The molecule has 18 nitrogen and oxygen atoms in total. The lowest BCUT2D eigenvalue weighted by atomic mass is 9.77. The van der Waals surface area contributed by atoms with E-state index >= 15 is 0 Å². The first-order valence-electron chi connectivity index (χ1n) is 37.7. The molecule has 2 amide bonds. The second-order valence-corrected chi connectivity index (χ2v) is 35.6. The van der Waals surface area contributed by atoms with Crippen molar-refractivity contribution in [3.05, 3.63) is 194 Å². The number of Topliss-reactive ketones (excluding diaryl/α,β-unsaturated/α-hetero) is 3. The van der Waals surface area contributed by atoms with Gasteiger partial charge < -0.3 is 19.9 Å². The number of rotatable bonds is 37. The number of allylic oxidation sites excluding steroid dienone is 4. The summed E-state index contributed by atoms with van der Waals surface area (Å²) >= 11 is 0. The molecule has 1 saturated heterocycles. The Morgan fingerprint density at radius 2 is 1.04 bits per heavy atom. The predicted octanol–water partition coefficient (Wildman–Crippen LogP) is 15.2. The van der Waals surface area contributed by atoms with E-state index in [9.17, 15) is 59.5 Å². The molecule has 107 heavy (non-hydrogen) atoms. The number of unbranched alkanes of at least 4 members (excludes halogenated alkanes) is 6. The zero-order chi connectivity index (χ0) is 77.1. The maximum atomic E-state index is 14.8. The fraction of sp³-hybridized carbons (Fsp3) is 0.482. The molecule has 0 radical (unpaired) electrons. The molecule has 12 rings (SSSR count). The lowest BCUT2D eigenvalue weighted by Gasteiger charge is -2.25. The van der Waals surface area contributed by atoms with Crippen LogP contribution in [-0.4, -0.2) is 101 Å². The van der Waals surface area contributed by atoms with Crippen molar-refractivity contribution in [1.29, 1.82) is 0 Å². The fourth-order valence-corrected chi connectivity index (χ4v) is 18.1. The van der Waals surface area contributed by atoms with Crippen LogP contribution in [0.15, 0.2) is 160 Å². The minimum absolute atomic E-state index is 0.0291. The van der Waals surface area contributed by atoms with Gasteiger partial charge in [0.15, 0.2) is 5.78 Å². The van der Waals surface area contributed by atoms with Crippen molar-refractivity contribution in [3.8, 4) is 11.8 Å². The summed E-state index contributed by atoms with van der Waals surface area (Å²) in [6.45, 7) is 22.5. The maximum Gasteiger partial charge on any atom is 0.306 e. The van der Waals surface area contributed by atoms with Crippen LogP contribution in [-0.2, 0) is 61.7 Å². The number of hydrogen-bond acceptors (Lipinski definition) is 15. The molecule has 572 valence electrons. The number of ketones is 3. The van der Waals surface area contributed by atoms with E-state index < -0.39 is 94.0 Å². The van der Waals surface area contributed by atoms with E-state index in [4.69, 9.17) is 9.47 Å². The Morgan fingerprint density at radius 1 is 0.589 bits per heavy atom. The lowest BCUT2D eigenvalue weighted by Crippen LogP contribution is -2.44. The quantitative estimate of drug-likeness (QED) is 0.0208. The summed E-state index contributed by atoms with van der Waals surface area (Å²) in [5.74, 6) is -5.15. The van der Waals surface area contributed by atoms with Crippen LogP contribution < -0.4 is 24.2 Å². The number of carbonyl (C=O) groups excluding carboxylic acids is 5. The first-order valence-corrected chi connectivity index (χ1v) is 40.6. The van der Waals surface area contributed by atoms with Gasteiger partial charge in [0.25, 0.3) is 0 Å². The van der Waals surface area contributed by atoms with Crippen LogP contribution in [0.5, 0.6) is 11.8 Å². The van der Waals surface area contributed by atoms with Crippen LogP contribution in [0.2, 0.25) is 0 Å². The monoisotopic (exact) mass is 1500 g/mol. The number of ether oxygens (including phenoxy) is 2. The second-order valence-electron chi connectivity index (χ2n) is 31.2. The highest BCUT2D eigenvalue weighted by Gasteiger charge is 2.64. The van der Waals surface area contributed by atoms with Crippen molar-refractivity contribution in [2.45, 2.75) is 203 Å². The van der Waals surface area contributed by atoms with Crippen LogP contribution in [0.4, 0.5) is 8.78 Å². The van der Waals surface area contributed by atoms with E-state index in [1.165, 1.54) is 24.3 Å². The lowest BCUT2D eigenvalue weighted by molar-refractivity contribution is -0.142. The summed E-state index contributed by atoms with van der Waals surface area (Å²) in [6, 6.07) is 28.5. The molecule has 4 aromatic carbocycles. The number of aromatic nitrogens is 2. The molecule has 6 fully saturated rings. The molecule has 6 aliphatic rings. The van der Waals surface area contributed by atoms with Crippen LogP contribution in [0.1, 0.15) is 171 Å². The standard InChI is InChI=1S/C43H51FN2O6S.C25H29N3O5S.C17H23FO2/c1-5-7-8-9-10-14-31(22-29-20-28(3)21-33(44)23-29)39(48)37-25-34(52-40-35-15-12-11-13-30(35)16-19-45-40)24-36(37)38(47)27-43(26-32(43)6-2)41(49)46-53(50,51)42(4)17-18-42;1-3-17-13-25(17,23(30)28-34(31,32)24(2)9-10-24)14-21(29)20-12-18(15-27-20)33-22-19-7-5-4-6-16(19)8-11-26-22;1-3-4-5-6-7-8-15(17(19)20)11-14-9-13(2)10-16(18)12-14/h5-6,11-13,15-16,19-21,23,31-32,34,36-37H,1-2,7-10,14,17-18,22,24-27H2,3-4H3,(H,46,49);3-8,11,17-18,20,27H,1,9-10,12-15H2,2H3,(H,28,30);3,9-10,12,15H,1,4-8,11H2,2H3,(H,19,20)/t31-,32-,34-,36-,37?,43-;17-,18-,20+,25-;15-/m111/s1. The van der Waals surface area contributed by atoms with Crippen molar-refractivity contribution in [3.63, 3.8) is 0 Å². The van der Waals surface area contributed by atoms with Crippen molar-refractivity contribution in [2.75, 3.05) is 6.54 Å². The first kappa shape index (κ1) is 80.9. The molecule has 5 aliphatic carbocycles. The Bertz CT molecular complexity index is 4510. The number of sulfonamides is 2. The number of pyridine rings is 2. The van der Waals surface area contributed by atoms with Gasteiger partial charge in [0, 0.05) is 66.7 Å². The number of carboxylic acid groups (broad SMARTS) is 1. The van der Waals surface area contributed by atoms with Crippen molar-refractivity contribution < 1.29 is 69.0 Å². The van der Waals surface area contributed by atoms with Gasteiger partial charge in [-0.05, 0) is 224 Å². The molecule has 0 spiro atoms. The predicted molar refractivity (Wildman–Crippen MR) is 411 cm³/mol. The van der Waals surface area contributed by atoms with Crippen LogP contribution in [0.3, 0.4) is 0 Å². The van der Waals surface area contributed by atoms with E-state index in [1.807, 2.05) is 98.8 Å². The first-order chi connectivity index (χ1) is 51.0. The summed E-state index contributed by atoms with van der Waals surface area (Å²) in [6.07, 6.45) is 22.5. The highest BCUT2D eigenvalue weighted by atomic mass is 32.2. The molecular formula is C85H103F2N5O13S2. The Balaban J connectivity index is 0.000000192. The minimum atomic E-state index is -3.92.